The molecule has 0 aromatic rings. The van der Waals surface area contributed by atoms with Gasteiger partial charge in [0.2, 0.25) is 11.8 Å². The molecule has 2 rings (SSSR count). The van der Waals surface area contributed by atoms with E-state index in [1.165, 1.54) is 0 Å². The average molecular weight is 281 g/mol. The largest absolute Gasteiger partial charge is 0.479 e. The summed E-state index contributed by atoms with van der Waals surface area (Å²) >= 11 is 0. The van der Waals surface area contributed by atoms with Crippen LogP contribution in [0.3, 0.4) is 0 Å². The Bertz CT molecular complexity index is 433. The van der Waals surface area contributed by atoms with Crippen molar-refractivity contribution in [2.45, 2.75) is 70.8 Å². The van der Waals surface area contributed by atoms with Crippen LogP contribution >= 0.6 is 0 Å². The molecule has 1 heterocycles. The maximum atomic E-state index is 12.8. The number of hydrogen-bond acceptors (Lipinski definition) is 3. The molecular weight excluding hydrogens is 258 g/mol. The summed E-state index contributed by atoms with van der Waals surface area (Å²) in [5.41, 5.74) is -1.98. The maximum Gasteiger partial charge on any atom is 0.330 e. The van der Waals surface area contributed by atoms with Gasteiger partial charge in [0, 0.05) is 6.42 Å². The number of carboxylic acid groups (broad SMARTS) is 1. The molecule has 0 unspecified atom stereocenters. The highest BCUT2D eigenvalue weighted by molar-refractivity contribution is 6.09. The van der Waals surface area contributed by atoms with Gasteiger partial charge in [-0.3, -0.25) is 14.5 Å². The summed E-state index contributed by atoms with van der Waals surface area (Å²) in [6.45, 7) is 3.45. The van der Waals surface area contributed by atoms with Gasteiger partial charge in [0.05, 0.1) is 5.41 Å². The molecule has 1 aliphatic carbocycles. The first-order valence-corrected chi connectivity index (χ1v) is 7.54. The molecule has 5 heteroatoms. The van der Waals surface area contributed by atoms with Crippen molar-refractivity contribution in [3.8, 4) is 0 Å². The van der Waals surface area contributed by atoms with Gasteiger partial charge in [0.25, 0.3) is 0 Å². The minimum atomic E-state index is -1.37. The van der Waals surface area contributed by atoms with Crippen LogP contribution in [-0.2, 0) is 14.4 Å². The monoisotopic (exact) mass is 281 g/mol. The summed E-state index contributed by atoms with van der Waals surface area (Å²) in [6, 6.07) is 0. The highest BCUT2D eigenvalue weighted by Crippen LogP contribution is 2.48. The third kappa shape index (κ3) is 1.95. The Morgan fingerprint density at radius 3 is 2.20 bits per heavy atom. The molecule has 0 radical (unpaired) electrons. The number of carboxylic acids is 1. The first-order valence-electron chi connectivity index (χ1n) is 7.54. The van der Waals surface area contributed by atoms with E-state index >= 15 is 0 Å². The molecular formula is C15H23NO4. The smallest absolute Gasteiger partial charge is 0.330 e. The maximum absolute atomic E-state index is 12.8. The van der Waals surface area contributed by atoms with Crippen LogP contribution in [0, 0.1) is 5.41 Å². The second-order valence-corrected chi connectivity index (χ2v) is 6.10. The fraction of sp³-hybridized carbons (Fsp3) is 0.800. The third-order valence-electron chi connectivity index (χ3n) is 5.20. The Kier molecular flexibility index (Phi) is 3.89. The van der Waals surface area contributed by atoms with Gasteiger partial charge in [-0.05, 0) is 25.7 Å². The Morgan fingerprint density at radius 1 is 1.20 bits per heavy atom. The van der Waals surface area contributed by atoms with Gasteiger partial charge in [-0.2, -0.15) is 0 Å². The molecule has 1 aliphatic heterocycles. The molecule has 0 atom stereocenters. The summed E-state index contributed by atoms with van der Waals surface area (Å²) in [5, 5.41) is 9.56. The minimum Gasteiger partial charge on any atom is -0.479 e. The van der Waals surface area contributed by atoms with Gasteiger partial charge in [0.15, 0.2) is 0 Å². The van der Waals surface area contributed by atoms with Gasteiger partial charge >= 0.3 is 5.97 Å². The fourth-order valence-corrected chi connectivity index (χ4v) is 3.81. The first-order chi connectivity index (χ1) is 9.43. The summed E-state index contributed by atoms with van der Waals surface area (Å²) in [4.78, 5) is 37.9. The molecule has 0 aromatic heterocycles. The number of amides is 2. The van der Waals surface area contributed by atoms with Crippen LogP contribution in [0.1, 0.15) is 65.2 Å². The molecule has 1 N–H and O–H groups in total. The number of hydrogen-bond donors (Lipinski definition) is 1. The number of imide groups is 1. The van der Waals surface area contributed by atoms with Crippen molar-refractivity contribution in [1.82, 2.24) is 4.90 Å². The first kappa shape index (κ1) is 15.0. The van der Waals surface area contributed by atoms with Gasteiger partial charge in [-0.1, -0.05) is 33.1 Å². The number of nitrogens with zero attached hydrogens (tertiary/aromatic N) is 1. The van der Waals surface area contributed by atoms with E-state index in [4.69, 9.17) is 0 Å². The lowest BCUT2D eigenvalue weighted by molar-refractivity contribution is -0.165. The zero-order valence-electron chi connectivity index (χ0n) is 12.3. The average Bonchev–Trinajstić information content (AvgIpc) is 2.66. The van der Waals surface area contributed by atoms with Crippen LogP contribution in [0.15, 0.2) is 0 Å². The van der Waals surface area contributed by atoms with Gasteiger partial charge in [-0.15, -0.1) is 0 Å². The van der Waals surface area contributed by atoms with E-state index in [1.807, 2.05) is 0 Å². The molecule has 1 saturated heterocycles. The van der Waals surface area contributed by atoms with E-state index in [-0.39, 0.29) is 31.1 Å². The molecule has 2 fully saturated rings. The standard InChI is InChI=1S/C15H23NO4/c1-3-15(4-2,13(19)20)16-11(17)10-14(12(16)18)8-6-5-7-9-14/h3-10H2,1-2H3,(H,19,20). The molecule has 20 heavy (non-hydrogen) atoms. The van der Waals surface area contributed by atoms with Crippen molar-refractivity contribution in [1.29, 1.82) is 0 Å². The molecule has 112 valence electrons. The lowest BCUT2D eigenvalue weighted by Crippen LogP contribution is -2.57. The highest BCUT2D eigenvalue weighted by Gasteiger charge is 2.59. The van der Waals surface area contributed by atoms with Crippen LogP contribution in [0.5, 0.6) is 0 Å². The van der Waals surface area contributed by atoms with Crippen molar-refractivity contribution >= 4 is 17.8 Å². The van der Waals surface area contributed by atoms with Gasteiger partial charge in [-0.25, -0.2) is 4.79 Å². The predicted octanol–water partition coefficient (Wildman–Crippen LogP) is 2.34. The highest BCUT2D eigenvalue weighted by atomic mass is 16.4. The molecule has 1 spiro atoms. The summed E-state index contributed by atoms with van der Waals surface area (Å²) in [5.74, 6) is -1.62. The number of aliphatic carboxylic acids is 1. The van der Waals surface area contributed by atoms with E-state index in [0.29, 0.717) is 0 Å². The van der Waals surface area contributed by atoms with E-state index in [9.17, 15) is 19.5 Å². The SMILES string of the molecule is CCC(CC)(C(=O)O)N1C(=O)CC2(CCCCC2)C1=O. The van der Waals surface area contributed by atoms with Crippen LogP contribution in [0.4, 0.5) is 0 Å². The molecule has 1 saturated carbocycles. The quantitative estimate of drug-likeness (QED) is 0.803. The normalized spacial score (nSPS) is 22.6. The Labute approximate surface area is 119 Å². The second kappa shape index (κ2) is 5.19. The predicted molar refractivity (Wildman–Crippen MR) is 72.9 cm³/mol. The Hall–Kier alpha value is -1.39. The lowest BCUT2D eigenvalue weighted by Gasteiger charge is -2.37. The Morgan fingerprint density at radius 2 is 1.75 bits per heavy atom. The molecule has 2 amide bonds. The zero-order valence-corrected chi connectivity index (χ0v) is 12.3. The minimum absolute atomic E-state index is 0.195. The number of carbonyl (C=O) groups excluding carboxylic acids is 2. The third-order valence-corrected chi connectivity index (χ3v) is 5.20. The fourth-order valence-electron chi connectivity index (χ4n) is 3.81. The molecule has 5 nitrogen and oxygen atoms in total. The van der Waals surface area contributed by atoms with E-state index in [0.717, 1.165) is 37.0 Å². The van der Waals surface area contributed by atoms with E-state index < -0.39 is 16.9 Å². The van der Waals surface area contributed by atoms with Crippen molar-refractivity contribution in [2.75, 3.05) is 0 Å². The van der Waals surface area contributed by atoms with E-state index in [1.54, 1.807) is 13.8 Å². The summed E-state index contributed by atoms with van der Waals surface area (Å²) in [6.07, 6.45) is 5.14. The van der Waals surface area contributed by atoms with Gasteiger partial charge in [0.1, 0.15) is 5.54 Å². The molecule has 0 bridgehead atoms. The van der Waals surface area contributed by atoms with Crippen molar-refractivity contribution in [3.63, 3.8) is 0 Å². The number of carbonyl (C=O) groups is 3. The Balaban J connectivity index is 2.39. The lowest BCUT2D eigenvalue weighted by atomic mass is 9.73. The summed E-state index contributed by atoms with van der Waals surface area (Å²) < 4.78 is 0. The van der Waals surface area contributed by atoms with Crippen molar-refractivity contribution in [2.24, 2.45) is 5.41 Å². The van der Waals surface area contributed by atoms with Crippen molar-refractivity contribution in [3.05, 3.63) is 0 Å². The van der Waals surface area contributed by atoms with Crippen LogP contribution < -0.4 is 0 Å². The molecule has 0 aromatic carbocycles. The zero-order chi connectivity index (χ0) is 15.0. The van der Waals surface area contributed by atoms with Crippen LogP contribution in [0.25, 0.3) is 0 Å². The molecule has 2 aliphatic rings. The number of likely N-dealkylation sites (tertiary alicyclic amines) is 1. The van der Waals surface area contributed by atoms with Gasteiger partial charge < -0.3 is 5.11 Å². The second-order valence-electron chi connectivity index (χ2n) is 6.10. The van der Waals surface area contributed by atoms with E-state index in [2.05, 4.69) is 0 Å². The number of rotatable bonds is 4. The van der Waals surface area contributed by atoms with Crippen LogP contribution in [0.2, 0.25) is 0 Å². The topological polar surface area (TPSA) is 74.7 Å². The van der Waals surface area contributed by atoms with Crippen LogP contribution in [-0.4, -0.2) is 33.3 Å². The summed E-state index contributed by atoms with van der Waals surface area (Å²) in [7, 11) is 0. The van der Waals surface area contributed by atoms with Crippen molar-refractivity contribution < 1.29 is 19.5 Å².